The second-order valence-corrected chi connectivity index (χ2v) is 4.40. The topological polar surface area (TPSA) is 38.1 Å². The fraction of sp³-hybridized carbons (Fsp3) is 0.286. The zero-order chi connectivity index (χ0) is 14.9. The summed E-state index contributed by atoms with van der Waals surface area (Å²) < 4.78 is 28.2. The smallest absolute Gasteiger partial charge is 0.264 e. The van der Waals surface area contributed by atoms with Crippen molar-refractivity contribution < 1.29 is 13.6 Å². The molecular weight excluding hydrogens is 264 g/mol. The molecule has 2 aromatic rings. The maximum Gasteiger partial charge on any atom is 0.264 e. The van der Waals surface area contributed by atoms with Crippen LogP contribution in [0, 0.1) is 18.7 Å². The molecule has 0 fully saturated rings. The van der Waals surface area contributed by atoms with Crippen molar-refractivity contribution in [1.82, 2.24) is 9.78 Å². The van der Waals surface area contributed by atoms with E-state index in [1.54, 1.807) is 19.9 Å². The van der Waals surface area contributed by atoms with Gasteiger partial charge >= 0.3 is 0 Å². The van der Waals surface area contributed by atoms with Gasteiger partial charge in [0.25, 0.3) is 5.91 Å². The lowest BCUT2D eigenvalue weighted by Gasteiger charge is -2.20. The van der Waals surface area contributed by atoms with E-state index in [2.05, 4.69) is 5.10 Å². The van der Waals surface area contributed by atoms with E-state index in [0.29, 0.717) is 17.9 Å². The Bertz CT molecular complexity index is 652. The summed E-state index contributed by atoms with van der Waals surface area (Å²) >= 11 is 0. The summed E-state index contributed by atoms with van der Waals surface area (Å²) in [4.78, 5) is 13.8. The van der Waals surface area contributed by atoms with Crippen molar-refractivity contribution in [2.45, 2.75) is 13.8 Å². The highest BCUT2D eigenvalue weighted by Gasteiger charge is 2.25. The van der Waals surface area contributed by atoms with Gasteiger partial charge in [-0.15, -0.1) is 0 Å². The van der Waals surface area contributed by atoms with Crippen molar-refractivity contribution in [3.8, 4) is 0 Å². The van der Waals surface area contributed by atoms with Gasteiger partial charge in [-0.05, 0) is 32.0 Å². The van der Waals surface area contributed by atoms with Crippen molar-refractivity contribution in [3.63, 3.8) is 0 Å². The number of halogens is 2. The normalized spacial score (nSPS) is 10.7. The number of amides is 1. The quantitative estimate of drug-likeness (QED) is 0.866. The molecule has 0 spiro atoms. The van der Waals surface area contributed by atoms with Crippen LogP contribution in [0.5, 0.6) is 0 Å². The minimum absolute atomic E-state index is 0.0846. The molecule has 0 saturated heterocycles. The molecule has 0 atom stereocenters. The molecule has 0 N–H and O–H groups in total. The Kier molecular flexibility index (Phi) is 3.83. The fourth-order valence-corrected chi connectivity index (χ4v) is 2.10. The number of hydrogen-bond acceptors (Lipinski definition) is 2. The molecule has 0 aliphatic heterocycles. The zero-order valence-electron chi connectivity index (χ0n) is 11.5. The van der Waals surface area contributed by atoms with Gasteiger partial charge in [0.15, 0.2) is 0 Å². The predicted molar refractivity (Wildman–Crippen MR) is 71.7 cm³/mol. The number of anilines is 1. The largest absolute Gasteiger partial charge is 0.308 e. The Morgan fingerprint density at radius 2 is 2.10 bits per heavy atom. The van der Waals surface area contributed by atoms with E-state index < -0.39 is 17.7 Å². The van der Waals surface area contributed by atoms with Crippen molar-refractivity contribution in [2.24, 2.45) is 7.05 Å². The van der Waals surface area contributed by atoms with E-state index >= 15 is 0 Å². The Morgan fingerprint density at radius 3 is 2.60 bits per heavy atom. The van der Waals surface area contributed by atoms with E-state index in [0.717, 1.165) is 4.68 Å². The molecule has 1 aromatic carbocycles. The number of hydrogen-bond donors (Lipinski definition) is 0. The third kappa shape index (κ3) is 2.41. The van der Waals surface area contributed by atoms with E-state index in [1.807, 2.05) is 0 Å². The highest BCUT2D eigenvalue weighted by Crippen LogP contribution is 2.21. The van der Waals surface area contributed by atoms with Crippen LogP contribution in [-0.4, -0.2) is 22.2 Å². The number of rotatable bonds is 3. The van der Waals surface area contributed by atoms with Crippen LogP contribution in [0.3, 0.4) is 0 Å². The highest BCUT2D eigenvalue weighted by atomic mass is 19.1. The van der Waals surface area contributed by atoms with Gasteiger partial charge in [0.05, 0.1) is 5.69 Å². The second kappa shape index (κ2) is 5.40. The number of benzene rings is 1. The monoisotopic (exact) mass is 279 g/mol. The first-order valence-corrected chi connectivity index (χ1v) is 6.22. The molecule has 0 saturated carbocycles. The van der Waals surface area contributed by atoms with Crippen LogP contribution < -0.4 is 4.90 Å². The van der Waals surface area contributed by atoms with Gasteiger partial charge < -0.3 is 4.90 Å². The summed E-state index contributed by atoms with van der Waals surface area (Å²) in [6.07, 6.45) is 0. The van der Waals surface area contributed by atoms with E-state index in [4.69, 9.17) is 0 Å². The molecule has 0 bridgehead atoms. The summed E-state index contributed by atoms with van der Waals surface area (Å²) in [7, 11) is 1.43. The van der Waals surface area contributed by atoms with E-state index in [-0.39, 0.29) is 5.56 Å². The summed E-state index contributed by atoms with van der Waals surface area (Å²) in [6, 6.07) is 5.64. The number of carbonyl (C=O) groups excluding carboxylic acids is 1. The van der Waals surface area contributed by atoms with E-state index in [1.165, 1.54) is 30.1 Å². The van der Waals surface area contributed by atoms with Crippen LogP contribution >= 0.6 is 0 Å². The molecule has 0 radical (unpaired) electrons. The second-order valence-electron chi connectivity index (χ2n) is 4.40. The maximum atomic E-state index is 13.9. The molecule has 6 heteroatoms. The summed E-state index contributed by atoms with van der Waals surface area (Å²) in [5, 5.41) is 3.88. The van der Waals surface area contributed by atoms with Crippen LogP contribution in [-0.2, 0) is 7.05 Å². The Morgan fingerprint density at radius 1 is 1.40 bits per heavy atom. The minimum atomic E-state index is -0.692. The molecule has 4 nitrogen and oxygen atoms in total. The van der Waals surface area contributed by atoms with Crippen LogP contribution in [0.1, 0.15) is 23.0 Å². The molecule has 0 aliphatic rings. The minimum Gasteiger partial charge on any atom is -0.308 e. The fourth-order valence-electron chi connectivity index (χ4n) is 2.10. The van der Waals surface area contributed by atoms with Gasteiger partial charge in [-0.1, -0.05) is 6.07 Å². The number of carbonyl (C=O) groups is 1. The molecule has 0 aliphatic carbocycles. The van der Waals surface area contributed by atoms with Gasteiger partial charge in [-0.2, -0.15) is 9.49 Å². The average molecular weight is 279 g/mol. The van der Waals surface area contributed by atoms with Crippen LogP contribution in [0.2, 0.25) is 0 Å². The third-order valence-corrected chi connectivity index (χ3v) is 3.05. The van der Waals surface area contributed by atoms with Gasteiger partial charge in [0.2, 0.25) is 5.95 Å². The lowest BCUT2D eigenvalue weighted by molar-refractivity contribution is 0.0983. The summed E-state index contributed by atoms with van der Waals surface area (Å²) in [6.45, 7) is 3.61. The third-order valence-electron chi connectivity index (χ3n) is 3.05. The average Bonchev–Trinajstić information content (AvgIpc) is 2.64. The first-order chi connectivity index (χ1) is 9.45. The Labute approximate surface area is 115 Å². The van der Waals surface area contributed by atoms with Gasteiger partial charge in [-0.25, -0.2) is 9.07 Å². The Balaban J connectivity index is 2.44. The van der Waals surface area contributed by atoms with Gasteiger partial charge in [0.1, 0.15) is 11.4 Å². The van der Waals surface area contributed by atoms with Gasteiger partial charge in [0, 0.05) is 19.3 Å². The molecule has 1 amide bonds. The van der Waals surface area contributed by atoms with Crippen molar-refractivity contribution in [1.29, 1.82) is 0 Å². The van der Waals surface area contributed by atoms with Gasteiger partial charge in [-0.3, -0.25) is 4.79 Å². The lowest BCUT2D eigenvalue weighted by atomic mass is 10.2. The SMILES string of the molecule is CCN(C(=O)c1c(C)nn(C)c1F)c1cccc(F)c1. The summed E-state index contributed by atoms with van der Waals surface area (Å²) in [5.74, 6) is -1.67. The van der Waals surface area contributed by atoms with Crippen LogP contribution in [0.15, 0.2) is 24.3 Å². The first kappa shape index (κ1) is 14.2. The lowest BCUT2D eigenvalue weighted by Crippen LogP contribution is -2.31. The van der Waals surface area contributed by atoms with Crippen LogP contribution in [0.4, 0.5) is 14.5 Å². The molecule has 106 valence electrons. The Hall–Kier alpha value is -2.24. The molecular formula is C14H15F2N3O. The summed E-state index contributed by atoms with van der Waals surface area (Å²) in [5.41, 5.74) is 0.614. The molecule has 1 aromatic heterocycles. The number of aryl methyl sites for hydroxylation is 2. The predicted octanol–water partition coefficient (Wildman–Crippen LogP) is 2.67. The maximum absolute atomic E-state index is 13.9. The molecule has 2 rings (SSSR count). The van der Waals surface area contributed by atoms with Crippen molar-refractivity contribution >= 4 is 11.6 Å². The van der Waals surface area contributed by atoms with E-state index in [9.17, 15) is 13.6 Å². The molecule has 0 unspecified atom stereocenters. The highest BCUT2D eigenvalue weighted by molar-refractivity contribution is 6.06. The standard InChI is InChI=1S/C14H15F2N3O/c1-4-19(11-7-5-6-10(15)8-11)14(20)12-9(2)17-18(3)13(12)16/h5-8H,4H2,1-3H3. The molecule has 20 heavy (non-hydrogen) atoms. The zero-order valence-corrected chi connectivity index (χ0v) is 11.5. The molecule has 1 heterocycles. The first-order valence-electron chi connectivity index (χ1n) is 6.22. The number of nitrogens with zero attached hydrogens (tertiary/aromatic N) is 3. The number of aromatic nitrogens is 2. The van der Waals surface area contributed by atoms with Crippen LogP contribution in [0.25, 0.3) is 0 Å². The van der Waals surface area contributed by atoms with Crippen molar-refractivity contribution in [3.05, 3.63) is 47.3 Å². The van der Waals surface area contributed by atoms with Crippen molar-refractivity contribution in [2.75, 3.05) is 11.4 Å².